The van der Waals surface area contributed by atoms with E-state index in [4.69, 9.17) is 17.3 Å². The summed E-state index contributed by atoms with van der Waals surface area (Å²) in [5.74, 6) is -0.789. The van der Waals surface area contributed by atoms with Gasteiger partial charge in [-0.05, 0) is 25.0 Å². The molecule has 1 aromatic carbocycles. The first-order valence-corrected chi connectivity index (χ1v) is 8.35. The van der Waals surface area contributed by atoms with E-state index >= 15 is 0 Å². The van der Waals surface area contributed by atoms with E-state index in [1.807, 2.05) is 13.8 Å². The number of hydrogen-bond donors (Lipinski definition) is 2. The van der Waals surface area contributed by atoms with E-state index in [1.165, 1.54) is 6.07 Å². The molecule has 4 nitrogen and oxygen atoms in total. The zero-order valence-corrected chi connectivity index (χ0v) is 13.4. The van der Waals surface area contributed by atoms with Gasteiger partial charge in [0.05, 0.1) is 5.69 Å². The number of nitrogens with two attached hydrogens (primary N) is 1. The first kappa shape index (κ1) is 17.2. The molecule has 0 saturated carbocycles. The number of sulfonamides is 1. The summed E-state index contributed by atoms with van der Waals surface area (Å²) in [5, 5.41) is 0.0828. The Morgan fingerprint density at radius 3 is 2.40 bits per heavy atom. The molecule has 0 aromatic heterocycles. The second-order valence-electron chi connectivity index (χ2n) is 4.79. The third-order valence-corrected chi connectivity index (χ3v) is 5.19. The van der Waals surface area contributed by atoms with Crippen molar-refractivity contribution in [1.29, 1.82) is 0 Å². The highest BCUT2D eigenvalue weighted by molar-refractivity contribution is 7.89. The van der Waals surface area contributed by atoms with E-state index in [0.717, 1.165) is 18.9 Å². The van der Waals surface area contributed by atoms with Crippen LogP contribution in [0.2, 0.25) is 5.02 Å². The number of anilines is 1. The monoisotopic (exact) mass is 322 g/mol. The first-order valence-electron chi connectivity index (χ1n) is 6.49. The number of nitrogen functional groups attached to an aromatic ring is 1. The van der Waals surface area contributed by atoms with Crippen LogP contribution in [0.4, 0.5) is 10.1 Å². The van der Waals surface area contributed by atoms with E-state index in [0.29, 0.717) is 0 Å². The fourth-order valence-corrected chi connectivity index (χ4v) is 3.92. The Morgan fingerprint density at radius 1 is 1.35 bits per heavy atom. The van der Waals surface area contributed by atoms with Gasteiger partial charge in [0.25, 0.3) is 0 Å². The second kappa shape index (κ2) is 6.74. The fourth-order valence-electron chi connectivity index (χ4n) is 2.18. The molecule has 0 fully saturated rings. The number of rotatable bonds is 6. The fraction of sp³-hybridized carbons (Fsp3) is 0.538. The van der Waals surface area contributed by atoms with Crippen molar-refractivity contribution >= 4 is 27.3 Å². The predicted molar refractivity (Wildman–Crippen MR) is 79.7 cm³/mol. The molecule has 20 heavy (non-hydrogen) atoms. The number of benzene rings is 1. The maximum Gasteiger partial charge on any atom is 0.243 e. The minimum atomic E-state index is -3.99. The minimum Gasteiger partial charge on any atom is -0.396 e. The van der Waals surface area contributed by atoms with Crippen molar-refractivity contribution in [1.82, 2.24) is 4.72 Å². The van der Waals surface area contributed by atoms with E-state index in [1.54, 1.807) is 6.92 Å². The zero-order chi connectivity index (χ0) is 15.5. The lowest BCUT2D eigenvalue weighted by atomic mass is 9.96. The van der Waals surface area contributed by atoms with Gasteiger partial charge in [0.1, 0.15) is 4.90 Å². The van der Waals surface area contributed by atoms with Crippen molar-refractivity contribution in [2.24, 2.45) is 5.92 Å². The van der Waals surface area contributed by atoms with Crippen LogP contribution in [0.3, 0.4) is 0 Å². The summed E-state index contributed by atoms with van der Waals surface area (Å²) < 4.78 is 40.9. The van der Waals surface area contributed by atoms with Crippen LogP contribution >= 0.6 is 11.6 Å². The van der Waals surface area contributed by atoms with Gasteiger partial charge in [-0.1, -0.05) is 38.3 Å². The number of nitrogens with one attached hydrogen (secondary N) is 1. The van der Waals surface area contributed by atoms with Crippen LogP contribution in [0.5, 0.6) is 0 Å². The molecule has 0 saturated heterocycles. The average Bonchev–Trinajstić information content (AvgIpc) is 2.34. The summed E-state index contributed by atoms with van der Waals surface area (Å²) in [4.78, 5) is -0.514. The molecule has 0 aliphatic heterocycles. The molecular weight excluding hydrogens is 303 g/mol. The van der Waals surface area contributed by atoms with Gasteiger partial charge in [-0.25, -0.2) is 17.5 Å². The molecule has 0 bridgehead atoms. The Kier molecular flexibility index (Phi) is 5.79. The molecule has 114 valence electrons. The highest BCUT2D eigenvalue weighted by Gasteiger charge is 2.26. The van der Waals surface area contributed by atoms with Crippen LogP contribution in [0.25, 0.3) is 0 Å². The van der Waals surface area contributed by atoms with Crippen molar-refractivity contribution < 1.29 is 12.8 Å². The molecule has 1 aromatic rings. The molecule has 3 N–H and O–H groups in total. The largest absolute Gasteiger partial charge is 0.396 e. The van der Waals surface area contributed by atoms with Crippen molar-refractivity contribution in [2.75, 3.05) is 5.73 Å². The highest BCUT2D eigenvalue weighted by atomic mass is 35.5. The SMILES string of the molecule is CCC(CC)C(C)NS(=O)(=O)c1cc(Cl)cc(N)c1F. The van der Waals surface area contributed by atoms with Crippen molar-refractivity contribution in [2.45, 2.75) is 44.6 Å². The first-order chi connectivity index (χ1) is 9.22. The van der Waals surface area contributed by atoms with Gasteiger partial charge >= 0.3 is 0 Å². The molecule has 7 heteroatoms. The molecule has 0 aliphatic carbocycles. The van der Waals surface area contributed by atoms with Gasteiger partial charge < -0.3 is 5.73 Å². The van der Waals surface area contributed by atoms with Gasteiger partial charge in [-0.15, -0.1) is 0 Å². The van der Waals surface area contributed by atoms with E-state index in [9.17, 15) is 12.8 Å². The molecule has 1 rings (SSSR count). The second-order valence-corrected chi connectivity index (χ2v) is 6.91. The average molecular weight is 323 g/mol. The summed E-state index contributed by atoms with van der Waals surface area (Å²) in [5.41, 5.74) is 5.13. The summed E-state index contributed by atoms with van der Waals surface area (Å²) in [6.45, 7) is 5.73. The minimum absolute atomic E-state index is 0.0828. The highest BCUT2D eigenvalue weighted by Crippen LogP contribution is 2.26. The zero-order valence-electron chi connectivity index (χ0n) is 11.8. The molecule has 1 unspecified atom stereocenters. The molecular formula is C13H20ClFN2O2S. The molecule has 0 amide bonds. The molecule has 0 spiro atoms. The summed E-state index contributed by atoms with van der Waals surface area (Å²) in [7, 11) is -3.99. The molecule has 0 heterocycles. The molecule has 0 aliphatic rings. The van der Waals surface area contributed by atoms with Crippen LogP contribution in [0.1, 0.15) is 33.6 Å². The van der Waals surface area contributed by atoms with Crippen LogP contribution < -0.4 is 10.5 Å². The Morgan fingerprint density at radius 2 is 1.90 bits per heavy atom. The maximum absolute atomic E-state index is 13.9. The Bertz CT molecular complexity index is 574. The molecule has 0 radical (unpaired) electrons. The van der Waals surface area contributed by atoms with Crippen LogP contribution in [0.15, 0.2) is 17.0 Å². The normalized spacial score (nSPS) is 13.7. The smallest absolute Gasteiger partial charge is 0.243 e. The van der Waals surface area contributed by atoms with E-state index in [2.05, 4.69) is 4.72 Å². The lowest BCUT2D eigenvalue weighted by Crippen LogP contribution is -2.38. The maximum atomic E-state index is 13.9. The van der Waals surface area contributed by atoms with E-state index < -0.39 is 20.7 Å². The Hall–Kier alpha value is -0.850. The lowest BCUT2D eigenvalue weighted by molar-refractivity contribution is 0.390. The third-order valence-electron chi connectivity index (χ3n) is 3.42. The van der Waals surface area contributed by atoms with Gasteiger partial charge in [-0.2, -0.15) is 0 Å². The third kappa shape index (κ3) is 3.84. The van der Waals surface area contributed by atoms with Crippen molar-refractivity contribution in [3.63, 3.8) is 0 Å². The Balaban J connectivity index is 3.12. The van der Waals surface area contributed by atoms with Gasteiger partial charge in [0.2, 0.25) is 10.0 Å². The Labute approximate surface area is 124 Å². The summed E-state index contributed by atoms with van der Waals surface area (Å²) in [6.07, 6.45) is 1.67. The van der Waals surface area contributed by atoms with Crippen molar-refractivity contribution in [3.05, 3.63) is 23.0 Å². The topological polar surface area (TPSA) is 72.2 Å². The summed E-state index contributed by atoms with van der Waals surface area (Å²) >= 11 is 5.74. The predicted octanol–water partition coefficient (Wildman–Crippen LogP) is 3.16. The van der Waals surface area contributed by atoms with Crippen LogP contribution in [0, 0.1) is 11.7 Å². The quantitative estimate of drug-likeness (QED) is 0.790. The van der Waals surface area contributed by atoms with Crippen LogP contribution in [-0.4, -0.2) is 14.5 Å². The number of halogens is 2. The van der Waals surface area contributed by atoms with Crippen molar-refractivity contribution in [3.8, 4) is 0 Å². The standard InChI is InChI=1S/C13H20ClFN2O2S/c1-4-9(5-2)8(3)17-20(18,19)12-7-10(14)6-11(16)13(12)15/h6-9,17H,4-5,16H2,1-3H3. The number of hydrogen-bond acceptors (Lipinski definition) is 3. The van der Waals surface area contributed by atoms with Gasteiger partial charge in [-0.3, -0.25) is 0 Å². The lowest BCUT2D eigenvalue weighted by Gasteiger charge is -2.22. The van der Waals surface area contributed by atoms with Gasteiger partial charge in [0.15, 0.2) is 5.82 Å². The van der Waals surface area contributed by atoms with Crippen LogP contribution in [-0.2, 0) is 10.0 Å². The van der Waals surface area contributed by atoms with E-state index in [-0.39, 0.29) is 22.7 Å². The molecule has 1 atom stereocenters. The van der Waals surface area contributed by atoms with Gasteiger partial charge in [0, 0.05) is 11.1 Å². The summed E-state index contributed by atoms with van der Waals surface area (Å²) in [6, 6.07) is 1.95.